The summed E-state index contributed by atoms with van der Waals surface area (Å²) in [4.78, 5) is 2.50. The van der Waals surface area contributed by atoms with Crippen molar-refractivity contribution in [2.75, 3.05) is 18.0 Å². The maximum atomic E-state index is 9.58. The number of nitrogens with zero attached hydrogens (tertiary/aromatic N) is 1. The zero-order valence-electron chi connectivity index (χ0n) is 13.4. The Morgan fingerprint density at radius 2 is 1.75 bits per heavy atom. The first kappa shape index (κ1) is 15.4. The van der Waals surface area contributed by atoms with Crippen LogP contribution in [0.2, 0.25) is 0 Å². The van der Waals surface area contributed by atoms with E-state index in [2.05, 4.69) is 37.8 Å². The SMILES string of the molecule is C[C@@H](O)c1ccc(N2CCCC(C(C)(C)C)CC2)cc1. The highest BCUT2D eigenvalue weighted by Gasteiger charge is 2.27. The first-order valence-electron chi connectivity index (χ1n) is 7.91. The van der Waals surface area contributed by atoms with Crippen molar-refractivity contribution in [3.05, 3.63) is 29.8 Å². The molecule has 2 heteroatoms. The molecule has 1 N–H and O–H groups in total. The standard InChI is InChI=1S/C18H29NO/c1-14(20)15-7-9-17(10-8-15)19-12-5-6-16(11-13-19)18(2,3)4/h7-10,14,16,20H,5-6,11-13H2,1-4H3/t14-,16?/m1/s1. The normalized spacial score (nSPS) is 22.4. The van der Waals surface area contributed by atoms with E-state index in [9.17, 15) is 5.11 Å². The van der Waals surface area contributed by atoms with Crippen LogP contribution in [-0.2, 0) is 0 Å². The average Bonchev–Trinajstić information content (AvgIpc) is 2.64. The largest absolute Gasteiger partial charge is 0.389 e. The van der Waals surface area contributed by atoms with E-state index in [1.54, 1.807) is 0 Å². The van der Waals surface area contributed by atoms with Gasteiger partial charge in [0.05, 0.1) is 6.10 Å². The van der Waals surface area contributed by atoms with Gasteiger partial charge in [-0.3, -0.25) is 0 Å². The van der Waals surface area contributed by atoms with Gasteiger partial charge in [0.25, 0.3) is 0 Å². The van der Waals surface area contributed by atoms with Gasteiger partial charge in [-0.25, -0.2) is 0 Å². The van der Waals surface area contributed by atoms with Crippen molar-refractivity contribution in [1.29, 1.82) is 0 Å². The van der Waals surface area contributed by atoms with Crippen LogP contribution in [0, 0.1) is 11.3 Å². The van der Waals surface area contributed by atoms with Gasteiger partial charge in [0.15, 0.2) is 0 Å². The van der Waals surface area contributed by atoms with Crippen molar-refractivity contribution in [1.82, 2.24) is 0 Å². The Kier molecular flexibility index (Phi) is 4.74. The van der Waals surface area contributed by atoms with E-state index < -0.39 is 0 Å². The van der Waals surface area contributed by atoms with Crippen LogP contribution in [0.15, 0.2) is 24.3 Å². The Labute approximate surface area is 123 Å². The number of benzene rings is 1. The van der Waals surface area contributed by atoms with E-state index in [0.29, 0.717) is 5.41 Å². The van der Waals surface area contributed by atoms with Gasteiger partial charge in [-0.05, 0) is 55.2 Å². The van der Waals surface area contributed by atoms with E-state index in [4.69, 9.17) is 0 Å². The van der Waals surface area contributed by atoms with Gasteiger partial charge in [0, 0.05) is 18.8 Å². The second kappa shape index (κ2) is 6.17. The van der Waals surface area contributed by atoms with Crippen LogP contribution >= 0.6 is 0 Å². The molecule has 1 heterocycles. The summed E-state index contributed by atoms with van der Waals surface area (Å²) in [5, 5.41) is 9.58. The molecule has 0 aliphatic carbocycles. The molecular formula is C18H29NO. The molecule has 1 unspecified atom stereocenters. The molecule has 2 nitrogen and oxygen atoms in total. The third-order valence-electron chi connectivity index (χ3n) is 4.69. The first-order valence-corrected chi connectivity index (χ1v) is 7.91. The molecule has 1 aliphatic rings. The van der Waals surface area contributed by atoms with Crippen molar-refractivity contribution < 1.29 is 5.11 Å². The Morgan fingerprint density at radius 3 is 2.30 bits per heavy atom. The van der Waals surface area contributed by atoms with Crippen molar-refractivity contribution >= 4 is 5.69 Å². The molecule has 0 aromatic heterocycles. The number of rotatable bonds is 2. The summed E-state index contributed by atoms with van der Waals surface area (Å²) in [5.41, 5.74) is 2.71. The van der Waals surface area contributed by atoms with E-state index in [1.165, 1.54) is 24.9 Å². The summed E-state index contributed by atoms with van der Waals surface area (Å²) in [6.07, 6.45) is 3.52. The van der Waals surface area contributed by atoms with Crippen LogP contribution in [-0.4, -0.2) is 18.2 Å². The maximum Gasteiger partial charge on any atom is 0.0761 e. The fourth-order valence-corrected chi connectivity index (χ4v) is 3.18. The van der Waals surface area contributed by atoms with Crippen molar-refractivity contribution in [2.24, 2.45) is 11.3 Å². The van der Waals surface area contributed by atoms with Crippen molar-refractivity contribution in [2.45, 2.75) is 53.1 Å². The summed E-state index contributed by atoms with van der Waals surface area (Å²) in [6, 6.07) is 8.40. The highest BCUT2D eigenvalue weighted by molar-refractivity contribution is 5.48. The number of anilines is 1. The van der Waals surface area contributed by atoms with Crippen molar-refractivity contribution in [3.63, 3.8) is 0 Å². The Bertz CT molecular complexity index is 416. The van der Waals surface area contributed by atoms with Crippen molar-refractivity contribution in [3.8, 4) is 0 Å². The minimum Gasteiger partial charge on any atom is -0.389 e. The molecule has 2 atom stereocenters. The predicted molar refractivity (Wildman–Crippen MR) is 86.1 cm³/mol. The lowest BCUT2D eigenvalue weighted by atomic mass is 9.77. The van der Waals surface area contributed by atoms with E-state index in [1.807, 2.05) is 19.1 Å². The van der Waals surface area contributed by atoms with Gasteiger partial charge in [-0.15, -0.1) is 0 Å². The first-order chi connectivity index (χ1) is 9.38. The van der Waals surface area contributed by atoms with Crippen LogP contribution in [0.25, 0.3) is 0 Å². The minimum atomic E-state index is -0.376. The van der Waals surface area contributed by atoms with E-state index in [-0.39, 0.29) is 6.10 Å². The molecule has 112 valence electrons. The van der Waals surface area contributed by atoms with Gasteiger partial charge in [-0.1, -0.05) is 32.9 Å². The van der Waals surface area contributed by atoms with Gasteiger partial charge < -0.3 is 10.0 Å². The lowest BCUT2D eigenvalue weighted by Crippen LogP contribution is -2.26. The fraction of sp³-hybridized carbons (Fsp3) is 0.667. The zero-order valence-corrected chi connectivity index (χ0v) is 13.4. The third kappa shape index (κ3) is 3.76. The Hall–Kier alpha value is -1.02. The summed E-state index contributed by atoms with van der Waals surface area (Å²) < 4.78 is 0. The summed E-state index contributed by atoms with van der Waals surface area (Å²) in [5.74, 6) is 0.823. The lowest BCUT2D eigenvalue weighted by molar-refractivity contribution is 0.199. The minimum absolute atomic E-state index is 0.376. The zero-order chi connectivity index (χ0) is 14.8. The van der Waals surface area contributed by atoms with Crippen LogP contribution in [0.3, 0.4) is 0 Å². The molecule has 20 heavy (non-hydrogen) atoms. The topological polar surface area (TPSA) is 23.5 Å². The number of hydrogen-bond acceptors (Lipinski definition) is 2. The van der Waals surface area contributed by atoms with Crippen LogP contribution in [0.4, 0.5) is 5.69 Å². The molecular weight excluding hydrogens is 246 g/mol. The monoisotopic (exact) mass is 275 g/mol. The highest BCUT2D eigenvalue weighted by atomic mass is 16.3. The molecule has 1 aliphatic heterocycles. The third-order valence-corrected chi connectivity index (χ3v) is 4.69. The number of hydrogen-bond donors (Lipinski definition) is 1. The smallest absolute Gasteiger partial charge is 0.0761 e. The number of aliphatic hydroxyl groups excluding tert-OH is 1. The van der Waals surface area contributed by atoms with E-state index in [0.717, 1.165) is 24.6 Å². The fourth-order valence-electron chi connectivity index (χ4n) is 3.18. The second-order valence-electron chi connectivity index (χ2n) is 7.25. The molecule has 0 radical (unpaired) electrons. The molecule has 1 aromatic rings. The van der Waals surface area contributed by atoms with E-state index >= 15 is 0 Å². The van der Waals surface area contributed by atoms with Gasteiger partial charge in [-0.2, -0.15) is 0 Å². The number of aliphatic hydroxyl groups is 1. The second-order valence-corrected chi connectivity index (χ2v) is 7.25. The van der Waals surface area contributed by atoms with Crippen LogP contribution < -0.4 is 4.90 Å². The molecule has 0 amide bonds. The quantitative estimate of drug-likeness (QED) is 0.865. The predicted octanol–water partition coefficient (Wildman–Crippen LogP) is 4.39. The van der Waals surface area contributed by atoms with Crippen LogP contribution in [0.1, 0.15) is 58.6 Å². The maximum absolute atomic E-state index is 9.58. The van der Waals surface area contributed by atoms with Gasteiger partial charge in [0.2, 0.25) is 0 Å². The summed E-state index contributed by atoms with van der Waals surface area (Å²) in [6.45, 7) is 11.2. The Morgan fingerprint density at radius 1 is 1.10 bits per heavy atom. The highest BCUT2D eigenvalue weighted by Crippen LogP contribution is 2.35. The lowest BCUT2D eigenvalue weighted by Gasteiger charge is -2.30. The molecule has 2 rings (SSSR count). The van der Waals surface area contributed by atoms with Gasteiger partial charge in [0.1, 0.15) is 0 Å². The molecule has 0 spiro atoms. The Balaban J connectivity index is 2.03. The molecule has 1 aromatic carbocycles. The molecule has 0 saturated carbocycles. The molecule has 0 bridgehead atoms. The summed E-state index contributed by atoms with van der Waals surface area (Å²) >= 11 is 0. The summed E-state index contributed by atoms with van der Waals surface area (Å²) in [7, 11) is 0. The average molecular weight is 275 g/mol. The van der Waals surface area contributed by atoms with Gasteiger partial charge >= 0.3 is 0 Å². The molecule has 1 saturated heterocycles. The molecule has 1 fully saturated rings. The van der Waals surface area contributed by atoms with Crippen LogP contribution in [0.5, 0.6) is 0 Å².